The van der Waals surface area contributed by atoms with Gasteiger partial charge in [-0.15, -0.1) is 5.10 Å². The van der Waals surface area contributed by atoms with Crippen LogP contribution in [0.5, 0.6) is 0 Å². The molecule has 5 rings (SSSR count). The van der Waals surface area contributed by atoms with E-state index in [9.17, 15) is 9.59 Å². The number of nitrogens with one attached hydrogen (secondary N) is 2. The third-order valence-electron chi connectivity index (χ3n) is 6.14. The molecule has 1 aromatic heterocycles. The van der Waals surface area contributed by atoms with Crippen molar-refractivity contribution in [1.82, 2.24) is 20.8 Å². The van der Waals surface area contributed by atoms with Crippen LogP contribution >= 0.6 is 0 Å². The first kappa shape index (κ1) is 19.5. The number of benzene rings is 2. The Labute approximate surface area is 180 Å². The number of amides is 2. The molecule has 2 N–H and O–H groups in total. The molecule has 158 valence electrons. The second kappa shape index (κ2) is 7.65. The van der Waals surface area contributed by atoms with Crippen molar-refractivity contribution in [2.75, 3.05) is 18.0 Å². The first-order valence-electron chi connectivity index (χ1n) is 10.7. The van der Waals surface area contributed by atoms with Crippen molar-refractivity contribution >= 4 is 28.4 Å². The maximum Gasteiger partial charge on any atom is 0.251 e. The molecule has 2 amide bonds. The SMILES string of the molecule is Cc1ccc(C(=O)NC2CC2)cc1-c1ccc2c(N3CCNC(=O)[C@@H]3C)nncc2c1. The Kier molecular flexibility index (Phi) is 4.81. The second-order valence-corrected chi connectivity index (χ2v) is 8.41. The minimum Gasteiger partial charge on any atom is -0.353 e. The van der Waals surface area contributed by atoms with Gasteiger partial charge in [-0.25, -0.2) is 0 Å². The van der Waals surface area contributed by atoms with E-state index in [1.807, 2.05) is 49.1 Å². The van der Waals surface area contributed by atoms with Crippen molar-refractivity contribution in [2.45, 2.75) is 38.8 Å². The Morgan fingerprint density at radius 2 is 2.03 bits per heavy atom. The number of carbonyl (C=O) groups is 2. The van der Waals surface area contributed by atoms with Crippen molar-refractivity contribution in [3.8, 4) is 11.1 Å². The fourth-order valence-corrected chi connectivity index (χ4v) is 4.09. The van der Waals surface area contributed by atoms with Gasteiger partial charge in [0.25, 0.3) is 5.91 Å². The van der Waals surface area contributed by atoms with Crippen LogP contribution in [0.15, 0.2) is 42.6 Å². The summed E-state index contributed by atoms with van der Waals surface area (Å²) in [5, 5.41) is 16.4. The van der Waals surface area contributed by atoms with Crippen molar-refractivity contribution < 1.29 is 9.59 Å². The van der Waals surface area contributed by atoms with E-state index < -0.39 is 0 Å². The molecule has 0 unspecified atom stereocenters. The predicted octanol–water partition coefficient (Wildman–Crippen LogP) is 2.82. The molecule has 2 fully saturated rings. The molecular weight excluding hydrogens is 390 g/mol. The van der Waals surface area contributed by atoms with Crippen LogP contribution in [0.1, 0.15) is 35.7 Å². The highest BCUT2D eigenvalue weighted by molar-refractivity contribution is 5.98. The third kappa shape index (κ3) is 3.71. The summed E-state index contributed by atoms with van der Waals surface area (Å²) in [7, 11) is 0. The van der Waals surface area contributed by atoms with Crippen LogP contribution in [0.4, 0.5) is 5.82 Å². The number of piperazine rings is 1. The molecule has 7 heteroatoms. The molecular formula is C24H25N5O2. The molecule has 31 heavy (non-hydrogen) atoms. The van der Waals surface area contributed by atoms with Crippen molar-refractivity contribution in [3.05, 3.63) is 53.7 Å². The lowest BCUT2D eigenvalue weighted by molar-refractivity contribution is -0.122. The Balaban J connectivity index is 1.52. The Hall–Kier alpha value is -3.48. The molecule has 2 aliphatic rings. The zero-order chi connectivity index (χ0) is 21.5. The smallest absolute Gasteiger partial charge is 0.251 e. The molecule has 7 nitrogen and oxygen atoms in total. The number of rotatable bonds is 4. The van der Waals surface area contributed by atoms with Crippen LogP contribution < -0.4 is 15.5 Å². The molecule has 1 aliphatic heterocycles. The Morgan fingerprint density at radius 1 is 1.19 bits per heavy atom. The first-order chi connectivity index (χ1) is 15.0. The average Bonchev–Trinajstić information content (AvgIpc) is 3.59. The van der Waals surface area contributed by atoms with Crippen LogP contribution in [0.25, 0.3) is 21.9 Å². The van der Waals surface area contributed by atoms with E-state index in [0.717, 1.165) is 46.1 Å². The summed E-state index contributed by atoms with van der Waals surface area (Å²) in [6, 6.07) is 12.0. The molecule has 1 aliphatic carbocycles. The normalized spacial score (nSPS) is 18.7. The number of aromatic nitrogens is 2. The third-order valence-corrected chi connectivity index (χ3v) is 6.14. The number of hydrogen-bond acceptors (Lipinski definition) is 5. The predicted molar refractivity (Wildman–Crippen MR) is 120 cm³/mol. The van der Waals surface area contributed by atoms with Gasteiger partial charge < -0.3 is 15.5 Å². The fourth-order valence-electron chi connectivity index (χ4n) is 4.09. The van der Waals surface area contributed by atoms with Gasteiger partial charge in [0.15, 0.2) is 5.82 Å². The van der Waals surface area contributed by atoms with Gasteiger partial charge in [0.2, 0.25) is 5.91 Å². The highest BCUT2D eigenvalue weighted by atomic mass is 16.2. The van der Waals surface area contributed by atoms with E-state index in [4.69, 9.17) is 0 Å². The van der Waals surface area contributed by atoms with Crippen molar-refractivity contribution in [3.63, 3.8) is 0 Å². The summed E-state index contributed by atoms with van der Waals surface area (Å²) < 4.78 is 0. The van der Waals surface area contributed by atoms with Crippen LogP contribution in [0.2, 0.25) is 0 Å². The quantitative estimate of drug-likeness (QED) is 0.684. The lowest BCUT2D eigenvalue weighted by Crippen LogP contribution is -2.54. The van der Waals surface area contributed by atoms with E-state index >= 15 is 0 Å². The maximum atomic E-state index is 12.5. The number of carbonyl (C=O) groups excluding carboxylic acids is 2. The monoisotopic (exact) mass is 415 g/mol. The van der Waals surface area contributed by atoms with Crippen LogP contribution in [-0.4, -0.2) is 47.2 Å². The van der Waals surface area contributed by atoms with E-state index in [1.54, 1.807) is 6.20 Å². The van der Waals surface area contributed by atoms with E-state index in [1.165, 1.54) is 0 Å². The summed E-state index contributed by atoms with van der Waals surface area (Å²) in [4.78, 5) is 26.6. The Morgan fingerprint density at radius 3 is 2.84 bits per heavy atom. The van der Waals surface area contributed by atoms with Gasteiger partial charge in [-0.1, -0.05) is 12.1 Å². The highest BCUT2D eigenvalue weighted by Gasteiger charge is 2.28. The summed E-state index contributed by atoms with van der Waals surface area (Å²) in [5.41, 5.74) is 3.82. The van der Waals surface area contributed by atoms with Crippen molar-refractivity contribution in [2.24, 2.45) is 0 Å². The van der Waals surface area contributed by atoms with Gasteiger partial charge in [0, 0.05) is 35.5 Å². The molecule has 0 bridgehead atoms. The van der Waals surface area contributed by atoms with Crippen LogP contribution in [0, 0.1) is 6.92 Å². The summed E-state index contributed by atoms with van der Waals surface area (Å²) in [5.74, 6) is 0.703. The van der Waals surface area contributed by atoms with Gasteiger partial charge in [-0.2, -0.15) is 5.10 Å². The topological polar surface area (TPSA) is 87.2 Å². The fraction of sp³-hybridized carbons (Fsp3) is 0.333. The first-order valence-corrected chi connectivity index (χ1v) is 10.7. The number of anilines is 1. The number of hydrogen-bond donors (Lipinski definition) is 2. The minimum absolute atomic E-state index is 0.00131. The number of aryl methyl sites for hydroxylation is 1. The Bertz CT molecular complexity index is 1190. The zero-order valence-electron chi connectivity index (χ0n) is 17.7. The van der Waals surface area contributed by atoms with Gasteiger partial charge in [0.1, 0.15) is 6.04 Å². The molecule has 0 radical (unpaired) electrons. The second-order valence-electron chi connectivity index (χ2n) is 8.41. The lowest BCUT2D eigenvalue weighted by atomic mass is 9.96. The molecule has 1 saturated carbocycles. The van der Waals surface area contributed by atoms with Crippen LogP contribution in [0.3, 0.4) is 0 Å². The standard InChI is InChI=1S/C24H25N5O2/c1-14-3-4-17(24(31)27-19-6-7-19)12-21(14)16-5-8-20-18(11-16)13-26-28-22(20)29-10-9-25-23(30)15(29)2/h3-5,8,11-13,15,19H,6-7,9-10H2,1-2H3,(H,25,30)(H,27,31)/t15-/m0/s1. The molecule has 1 saturated heterocycles. The van der Waals surface area contributed by atoms with Crippen LogP contribution in [-0.2, 0) is 4.79 Å². The lowest BCUT2D eigenvalue weighted by Gasteiger charge is -2.33. The molecule has 2 aromatic carbocycles. The van der Waals surface area contributed by atoms with E-state index in [-0.39, 0.29) is 17.9 Å². The van der Waals surface area contributed by atoms with Gasteiger partial charge >= 0.3 is 0 Å². The van der Waals surface area contributed by atoms with E-state index in [2.05, 4.69) is 26.9 Å². The summed E-state index contributed by atoms with van der Waals surface area (Å²) in [6.07, 6.45) is 3.88. The summed E-state index contributed by atoms with van der Waals surface area (Å²) >= 11 is 0. The highest BCUT2D eigenvalue weighted by Crippen LogP contribution is 2.32. The van der Waals surface area contributed by atoms with Gasteiger partial charge in [-0.3, -0.25) is 9.59 Å². The minimum atomic E-state index is -0.294. The summed E-state index contributed by atoms with van der Waals surface area (Å²) in [6.45, 7) is 5.21. The molecule has 3 aromatic rings. The zero-order valence-corrected chi connectivity index (χ0v) is 17.7. The maximum absolute atomic E-state index is 12.5. The molecule has 1 atom stereocenters. The van der Waals surface area contributed by atoms with Crippen molar-refractivity contribution in [1.29, 1.82) is 0 Å². The largest absolute Gasteiger partial charge is 0.353 e. The average molecular weight is 415 g/mol. The molecule has 2 heterocycles. The van der Waals surface area contributed by atoms with E-state index in [0.29, 0.717) is 24.7 Å². The number of fused-ring (bicyclic) bond motifs is 1. The molecule has 0 spiro atoms. The van der Waals surface area contributed by atoms with Gasteiger partial charge in [0.05, 0.1) is 6.20 Å². The van der Waals surface area contributed by atoms with Gasteiger partial charge in [-0.05, 0) is 67.6 Å². The number of nitrogens with zero attached hydrogens (tertiary/aromatic N) is 3.